The van der Waals surface area contributed by atoms with Crippen molar-refractivity contribution in [2.75, 3.05) is 18.6 Å². The first-order valence-electron chi connectivity index (χ1n) is 5.21. The highest BCUT2D eigenvalue weighted by atomic mass is 32.2. The van der Waals surface area contributed by atoms with E-state index in [1.165, 1.54) is 0 Å². The summed E-state index contributed by atoms with van der Waals surface area (Å²) in [5.41, 5.74) is 6.60. The minimum absolute atomic E-state index is 0.522. The molecule has 0 amide bonds. The van der Waals surface area contributed by atoms with E-state index in [0.29, 0.717) is 11.4 Å². The molecule has 16 heavy (non-hydrogen) atoms. The maximum Gasteiger partial charge on any atom is 0.119 e. The minimum atomic E-state index is 0.522. The second kappa shape index (κ2) is 7.52. The van der Waals surface area contributed by atoms with Crippen LogP contribution in [-0.2, 0) is 6.42 Å². The van der Waals surface area contributed by atoms with Gasteiger partial charge in [-0.1, -0.05) is 24.4 Å². The van der Waals surface area contributed by atoms with Crippen LogP contribution >= 0.6 is 24.0 Å². The normalized spacial score (nSPS) is 10.1. The first kappa shape index (κ1) is 13.3. The van der Waals surface area contributed by atoms with Crippen LogP contribution in [0.5, 0.6) is 5.75 Å². The van der Waals surface area contributed by atoms with Crippen molar-refractivity contribution in [3.63, 3.8) is 0 Å². The lowest BCUT2D eigenvalue weighted by atomic mass is 10.1. The molecule has 0 bridgehead atoms. The Hall–Kier alpha value is -0.740. The molecule has 0 spiro atoms. The average molecular weight is 255 g/mol. The fourth-order valence-corrected chi connectivity index (χ4v) is 1.87. The molecule has 2 N–H and O–H groups in total. The van der Waals surface area contributed by atoms with Gasteiger partial charge in [0.1, 0.15) is 5.75 Å². The number of benzene rings is 1. The molecule has 0 saturated heterocycles. The van der Waals surface area contributed by atoms with Crippen LogP contribution in [0.15, 0.2) is 24.3 Å². The second-order valence-corrected chi connectivity index (χ2v) is 4.99. The first-order valence-corrected chi connectivity index (χ1v) is 7.01. The number of ether oxygens (including phenoxy) is 1. The molecule has 0 aromatic heterocycles. The summed E-state index contributed by atoms with van der Waals surface area (Å²) in [6.07, 6.45) is 3.84. The molecule has 0 aliphatic carbocycles. The smallest absolute Gasteiger partial charge is 0.119 e. The van der Waals surface area contributed by atoms with Crippen molar-refractivity contribution in [3.8, 4) is 5.75 Å². The molecule has 1 aromatic carbocycles. The molecule has 0 unspecified atom stereocenters. The van der Waals surface area contributed by atoms with E-state index in [4.69, 9.17) is 22.7 Å². The molecule has 4 heteroatoms. The van der Waals surface area contributed by atoms with Gasteiger partial charge in [-0.3, -0.25) is 0 Å². The van der Waals surface area contributed by atoms with Gasteiger partial charge in [0.15, 0.2) is 0 Å². The van der Waals surface area contributed by atoms with Crippen LogP contribution in [0.1, 0.15) is 12.0 Å². The fraction of sp³-hybridized carbons (Fsp3) is 0.417. The Bertz CT molecular complexity index is 324. The molecule has 0 fully saturated rings. The van der Waals surface area contributed by atoms with E-state index in [0.717, 1.165) is 30.1 Å². The first-order chi connectivity index (χ1) is 7.72. The van der Waals surface area contributed by atoms with Crippen LogP contribution in [0.3, 0.4) is 0 Å². The molecule has 0 aliphatic heterocycles. The lowest BCUT2D eigenvalue weighted by molar-refractivity contribution is 0.318. The van der Waals surface area contributed by atoms with Crippen molar-refractivity contribution in [2.24, 2.45) is 5.73 Å². The summed E-state index contributed by atoms with van der Waals surface area (Å²) in [6, 6.07) is 7.94. The number of rotatable bonds is 7. The van der Waals surface area contributed by atoms with Gasteiger partial charge in [-0.05, 0) is 36.1 Å². The van der Waals surface area contributed by atoms with E-state index in [1.807, 2.05) is 36.0 Å². The van der Waals surface area contributed by atoms with Gasteiger partial charge in [0, 0.05) is 6.42 Å². The van der Waals surface area contributed by atoms with Crippen molar-refractivity contribution >= 4 is 29.0 Å². The Balaban J connectivity index is 2.36. The van der Waals surface area contributed by atoms with E-state index >= 15 is 0 Å². The number of hydrogen-bond acceptors (Lipinski definition) is 3. The van der Waals surface area contributed by atoms with Crippen LogP contribution in [0.2, 0.25) is 0 Å². The molecule has 0 saturated carbocycles. The van der Waals surface area contributed by atoms with Crippen molar-refractivity contribution in [1.29, 1.82) is 0 Å². The summed E-state index contributed by atoms with van der Waals surface area (Å²) in [4.78, 5) is 0.522. The quantitative estimate of drug-likeness (QED) is 0.600. The molecule has 1 rings (SSSR count). The van der Waals surface area contributed by atoms with Gasteiger partial charge in [0.05, 0.1) is 11.6 Å². The highest BCUT2D eigenvalue weighted by Crippen LogP contribution is 2.13. The van der Waals surface area contributed by atoms with Gasteiger partial charge < -0.3 is 10.5 Å². The van der Waals surface area contributed by atoms with E-state index < -0.39 is 0 Å². The number of nitrogens with two attached hydrogens (primary N) is 1. The van der Waals surface area contributed by atoms with Crippen molar-refractivity contribution < 1.29 is 4.74 Å². The molecule has 0 radical (unpaired) electrons. The number of thiocarbonyl (C=S) groups is 1. The third-order valence-corrected chi connectivity index (χ3v) is 2.90. The zero-order valence-electron chi connectivity index (χ0n) is 9.44. The highest BCUT2D eigenvalue weighted by Gasteiger charge is 1.97. The Kier molecular flexibility index (Phi) is 6.26. The summed E-state index contributed by atoms with van der Waals surface area (Å²) in [5.74, 6) is 2.05. The maximum atomic E-state index is 5.59. The summed E-state index contributed by atoms with van der Waals surface area (Å²) in [7, 11) is 0. The van der Waals surface area contributed by atoms with E-state index in [2.05, 4.69) is 6.26 Å². The summed E-state index contributed by atoms with van der Waals surface area (Å²) < 4.78 is 5.59. The van der Waals surface area contributed by atoms with Gasteiger partial charge in [-0.2, -0.15) is 11.8 Å². The molecule has 0 aliphatic rings. The topological polar surface area (TPSA) is 35.2 Å². The monoisotopic (exact) mass is 255 g/mol. The largest absolute Gasteiger partial charge is 0.494 e. The Labute approximate surface area is 107 Å². The van der Waals surface area contributed by atoms with Crippen LogP contribution in [0.25, 0.3) is 0 Å². The van der Waals surface area contributed by atoms with Crippen LogP contribution in [0, 0.1) is 0 Å². The summed E-state index contributed by atoms with van der Waals surface area (Å²) >= 11 is 6.69. The lowest BCUT2D eigenvalue weighted by Crippen LogP contribution is -2.10. The van der Waals surface area contributed by atoms with Crippen molar-refractivity contribution in [1.82, 2.24) is 0 Å². The molecular formula is C12H17NOS2. The Morgan fingerprint density at radius 2 is 2.06 bits per heavy atom. The molecule has 0 heterocycles. The van der Waals surface area contributed by atoms with E-state index in [9.17, 15) is 0 Å². The zero-order valence-corrected chi connectivity index (χ0v) is 11.1. The number of hydrogen-bond donors (Lipinski definition) is 1. The molecule has 1 aromatic rings. The van der Waals surface area contributed by atoms with Crippen LogP contribution in [0.4, 0.5) is 0 Å². The Morgan fingerprint density at radius 1 is 1.38 bits per heavy atom. The highest BCUT2D eigenvalue weighted by molar-refractivity contribution is 7.98. The van der Waals surface area contributed by atoms with E-state index in [1.54, 1.807) is 0 Å². The van der Waals surface area contributed by atoms with Crippen LogP contribution < -0.4 is 10.5 Å². The third kappa shape index (κ3) is 5.37. The molecule has 2 nitrogen and oxygen atoms in total. The van der Waals surface area contributed by atoms with Crippen molar-refractivity contribution in [2.45, 2.75) is 12.8 Å². The SMILES string of the molecule is CSCCCOc1ccc(CC(N)=S)cc1. The second-order valence-electron chi connectivity index (χ2n) is 3.48. The number of thioether (sulfide) groups is 1. The summed E-state index contributed by atoms with van der Waals surface area (Å²) in [5, 5.41) is 0. The van der Waals surface area contributed by atoms with Gasteiger partial charge in [-0.25, -0.2) is 0 Å². The van der Waals surface area contributed by atoms with Gasteiger partial charge in [0.25, 0.3) is 0 Å². The Morgan fingerprint density at radius 3 is 2.62 bits per heavy atom. The standard InChI is InChI=1S/C12H17NOS2/c1-16-8-2-7-14-11-5-3-10(4-6-11)9-12(13)15/h3-6H,2,7-9H2,1H3,(H2,13,15). The summed E-state index contributed by atoms with van der Waals surface area (Å²) in [6.45, 7) is 0.773. The van der Waals surface area contributed by atoms with Gasteiger partial charge in [0.2, 0.25) is 0 Å². The third-order valence-electron chi connectivity index (χ3n) is 2.06. The fourth-order valence-electron chi connectivity index (χ4n) is 1.30. The predicted molar refractivity (Wildman–Crippen MR) is 75.4 cm³/mol. The zero-order chi connectivity index (χ0) is 11.8. The van der Waals surface area contributed by atoms with Gasteiger partial charge in [-0.15, -0.1) is 0 Å². The average Bonchev–Trinajstić information content (AvgIpc) is 2.26. The molecular weight excluding hydrogens is 238 g/mol. The van der Waals surface area contributed by atoms with Gasteiger partial charge >= 0.3 is 0 Å². The molecule has 88 valence electrons. The lowest BCUT2D eigenvalue weighted by Gasteiger charge is -2.06. The predicted octanol–water partition coefficient (Wildman–Crippen LogP) is 2.65. The maximum absolute atomic E-state index is 5.59. The van der Waals surface area contributed by atoms with Crippen molar-refractivity contribution in [3.05, 3.63) is 29.8 Å². The minimum Gasteiger partial charge on any atom is -0.494 e. The molecule has 0 atom stereocenters. The van der Waals surface area contributed by atoms with Crippen LogP contribution in [-0.4, -0.2) is 23.6 Å². The van der Waals surface area contributed by atoms with E-state index in [-0.39, 0.29) is 0 Å².